The van der Waals surface area contributed by atoms with Gasteiger partial charge in [0.25, 0.3) is 5.91 Å². The first-order chi connectivity index (χ1) is 12.2. The Morgan fingerprint density at radius 2 is 1.85 bits per heavy atom. The Labute approximate surface area is 162 Å². The second-order valence-corrected chi connectivity index (χ2v) is 9.30. The third-order valence-corrected chi connectivity index (χ3v) is 5.31. The molecule has 0 saturated heterocycles. The molecular formula is C19H22BrNO4S. The second-order valence-electron chi connectivity index (χ2n) is 6.26. The molecule has 0 aliphatic heterocycles. The first-order valence-electron chi connectivity index (χ1n) is 8.11. The van der Waals surface area contributed by atoms with Gasteiger partial charge in [-0.1, -0.05) is 36.4 Å². The number of rotatable bonds is 7. The van der Waals surface area contributed by atoms with Gasteiger partial charge in [-0.3, -0.25) is 4.79 Å². The molecule has 1 amide bonds. The van der Waals surface area contributed by atoms with Gasteiger partial charge in [-0.25, -0.2) is 8.42 Å². The van der Waals surface area contributed by atoms with E-state index in [1.165, 1.54) is 0 Å². The van der Waals surface area contributed by atoms with Gasteiger partial charge < -0.3 is 10.1 Å². The van der Waals surface area contributed by atoms with Gasteiger partial charge in [0.1, 0.15) is 15.6 Å². The SMILES string of the molecule is Cc1ccc(O[C@H](C)C(=O)N[C@@H](CS(C)(=O)=O)c2ccccc2)c(Br)c1. The van der Waals surface area contributed by atoms with Crippen LogP contribution in [0.2, 0.25) is 0 Å². The Kier molecular flexibility index (Phi) is 6.83. The van der Waals surface area contributed by atoms with E-state index < -0.39 is 22.0 Å². The van der Waals surface area contributed by atoms with Crippen molar-refractivity contribution in [2.45, 2.75) is 26.0 Å². The molecule has 26 heavy (non-hydrogen) atoms. The molecule has 0 aliphatic rings. The van der Waals surface area contributed by atoms with Crippen LogP contribution in [0.15, 0.2) is 53.0 Å². The fraction of sp³-hybridized carbons (Fsp3) is 0.316. The Morgan fingerprint density at radius 1 is 1.19 bits per heavy atom. The van der Waals surface area contributed by atoms with Crippen LogP contribution in [0.3, 0.4) is 0 Å². The normalized spacial score (nSPS) is 13.7. The van der Waals surface area contributed by atoms with Crippen molar-refractivity contribution in [1.82, 2.24) is 5.32 Å². The van der Waals surface area contributed by atoms with Gasteiger partial charge in [0.15, 0.2) is 6.10 Å². The van der Waals surface area contributed by atoms with Crippen molar-refractivity contribution in [2.24, 2.45) is 0 Å². The zero-order valence-corrected chi connectivity index (χ0v) is 17.3. The Morgan fingerprint density at radius 3 is 2.42 bits per heavy atom. The van der Waals surface area contributed by atoms with E-state index in [4.69, 9.17) is 4.74 Å². The molecule has 2 atom stereocenters. The number of amides is 1. The molecule has 0 bridgehead atoms. The predicted octanol–water partition coefficient (Wildman–Crippen LogP) is 3.43. The number of sulfone groups is 1. The number of benzene rings is 2. The molecule has 0 fully saturated rings. The predicted molar refractivity (Wildman–Crippen MR) is 106 cm³/mol. The smallest absolute Gasteiger partial charge is 0.261 e. The number of ether oxygens (including phenoxy) is 1. The Hall–Kier alpha value is -1.86. The highest BCUT2D eigenvalue weighted by molar-refractivity contribution is 9.10. The molecule has 140 valence electrons. The average Bonchev–Trinajstić information content (AvgIpc) is 2.56. The van der Waals surface area contributed by atoms with Crippen LogP contribution in [0, 0.1) is 6.92 Å². The fourth-order valence-corrected chi connectivity index (χ4v) is 3.91. The summed E-state index contributed by atoms with van der Waals surface area (Å²) >= 11 is 3.42. The van der Waals surface area contributed by atoms with E-state index in [1.807, 2.05) is 25.1 Å². The Balaban J connectivity index is 2.12. The van der Waals surface area contributed by atoms with Crippen molar-refractivity contribution < 1.29 is 17.9 Å². The van der Waals surface area contributed by atoms with Crippen LogP contribution < -0.4 is 10.1 Å². The summed E-state index contributed by atoms with van der Waals surface area (Å²) in [6.07, 6.45) is 0.373. The average molecular weight is 440 g/mol. The lowest BCUT2D eigenvalue weighted by Crippen LogP contribution is -2.40. The molecule has 1 N–H and O–H groups in total. The number of hydrogen-bond donors (Lipinski definition) is 1. The van der Waals surface area contributed by atoms with Crippen LogP contribution >= 0.6 is 15.9 Å². The summed E-state index contributed by atoms with van der Waals surface area (Å²) in [4.78, 5) is 12.5. The molecule has 0 spiro atoms. The Bertz CT molecular complexity index is 868. The van der Waals surface area contributed by atoms with E-state index in [1.54, 1.807) is 37.3 Å². The fourth-order valence-electron chi connectivity index (χ4n) is 2.44. The van der Waals surface area contributed by atoms with E-state index in [2.05, 4.69) is 21.2 Å². The largest absolute Gasteiger partial charge is 0.480 e. The van der Waals surface area contributed by atoms with E-state index in [0.29, 0.717) is 5.75 Å². The highest BCUT2D eigenvalue weighted by Crippen LogP contribution is 2.27. The number of hydrogen-bond acceptors (Lipinski definition) is 4. The van der Waals surface area contributed by atoms with E-state index in [9.17, 15) is 13.2 Å². The lowest BCUT2D eigenvalue weighted by molar-refractivity contribution is -0.127. The van der Waals surface area contributed by atoms with Crippen molar-refractivity contribution in [3.8, 4) is 5.75 Å². The number of nitrogens with one attached hydrogen (secondary N) is 1. The summed E-state index contributed by atoms with van der Waals surface area (Å²) in [5.41, 5.74) is 1.80. The molecule has 0 aliphatic carbocycles. The van der Waals surface area contributed by atoms with Crippen LogP contribution in [-0.2, 0) is 14.6 Å². The van der Waals surface area contributed by atoms with Gasteiger partial charge in [-0.05, 0) is 53.0 Å². The topological polar surface area (TPSA) is 72.5 Å². The lowest BCUT2D eigenvalue weighted by atomic mass is 10.1. The van der Waals surface area contributed by atoms with Crippen molar-refractivity contribution in [2.75, 3.05) is 12.0 Å². The van der Waals surface area contributed by atoms with Gasteiger partial charge in [-0.2, -0.15) is 0 Å². The maximum Gasteiger partial charge on any atom is 0.261 e. The molecule has 0 saturated carbocycles. The molecular weight excluding hydrogens is 418 g/mol. The van der Waals surface area contributed by atoms with Crippen LogP contribution in [-0.4, -0.2) is 32.4 Å². The number of carbonyl (C=O) groups is 1. The molecule has 0 aromatic heterocycles. The highest BCUT2D eigenvalue weighted by atomic mass is 79.9. The van der Waals surface area contributed by atoms with Crippen molar-refractivity contribution in [1.29, 1.82) is 0 Å². The maximum atomic E-state index is 12.5. The minimum Gasteiger partial charge on any atom is -0.480 e. The molecule has 7 heteroatoms. The first kappa shape index (κ1) is 20.5. The van der Waals surface area contributed by atoms with Crippen LogP contribution in [0.25, 0.3) is 0 Å². The maximum absolute atomic E-state index is 12.5. The third kappa shape index (κ3) is 6.14. The summed E-state index contributed by atoms with van der Waals surface area (Å²) in [5.74, 6) is -0.00318. The zero-order chi connectivity index (χ0) is 19.3. The van der Waals surface area contributed by atoms with Gasteiger partial charge in [0.2, 0.25) is 0 Å². The van der Waals surface area contributed by atoms with E-state index >= 15 is 0 Å². The summed E-state index contributed by atoms with van der Waals surface area (Å²) in [7, 11) is -3.28. The molecule has 0 radical (unpaired) electrons. The summed E-state index contributed by atoms with van der Waals surface area (Å²) in [5, 5.41) is 2.78. The van der Waals surface area contributed by atoms with Crippen molar-refractivity contribution >= 4 is 31.7 Å². The van der Waals surface area contributed by atoms with Gasteiger partial charge in [-0.15, -0.1) is 0 Å². The van der Waals surface area contributed by atoms with Crippen LogP contribution in [0.4, 0.5) is 0 Å². The zero-order valence-electron chi connectivity index (χ0n) is 14.9. The van der Waals surface area contributed by atoms with E-state index in [-0.39, 0.29) is 11.7 Å². The van der Waals surface area contributed by atoms with Crippen molar-refractivity contribution in [3.63, 3.8) is 0 Å². The molecule has 0 unspecified atom stereocenters. The molecule has 2 aromatic rings. The minimum atomic E-state index is -3.28. The molecule has 0 heterocycles. The molecule has 2 rings (SSSR count). The van der Waals surface area contributed by atoms with Crippen molar-refractivity contribution in [3.05, 3.63) is 64.1 Å². The third-order valence-electron chi connectivity index (χ3n) is 3.75. The second kappa shape index (κ2) is 8.68. The highest BCUT2D eigenvalue weighted by Gasteiger charge is 2.23. The molecule has 5 nitrogen and oxygen atoms in total. The number of aryl methyl sites for hydroxylation is 1. The van der Waals surface area contributed by atoms with Crippen LogP contribution in [0.1, 0.15) is 24.1 Å². The lowest BCUT2D eigenvalue weighted by Gasteiger charge is -2.22. The van der Waals surface area contributed by atoms with Gasteiger partial charge in [0, 0.05) is 6.26 Å². The minimum absolute atomic E-state index is 0.177. The van der Waals surface area contributed by atoms with E-state index in [0.717, 1.165) is 21.9 Å². The standard InChI is InChI=1S/C19H22BrNO4S/c1-13-9-10-18(16(20)11-13)25-14(2)19(22)21-17(12-26(3,23)24)15-7-5-4-6-8-15/h4-11,14,17H,12H2,1-3H3,(H,21,22)/t14-,17+/m1/s1. The quantitative estimate of drug-likeness (QED) is 0.716. The van der Waals surface area contributed by atoms with Crippen LogP contribution in [0.5, 0.6) is 5.75 Å². The molecule has 2 aromatic carbocycles. The summed E-state index contributed by atoms with van der Waals surface area (Å²) in [6.45, 7) is 3.59. The first-order valence-corrected chi connectivity index (χ1v) is 11.0. The summed E-state index contributed by atoms with van der Waals surface area (Å²) in [6, 6.07) is 14.0. The van der Waals surface area contributed by atoms with Gasteiger partial charge in [0.05, 0.1) is 16.3 Å². The van der Waals surface area contributed by atoms with Gasteiger partial charge >= 0.3 is 0 Å². The number of halogens is 1. The summed E-state index contributed by atoms with van der Waals surface area (Å²) < 4.78 is 30.0. The number of carbonyl (C=O) groups excluding carboxylic acids is 1. The monoisotopic (exact) mass is 439 g/mol.